The van der Waals surface area contributed by atoms with Gasteiger partial charge in [-0.2, -0.15) is 26.3 Å². The molecule has 30 heavy (non-hydrogen) atoms. The third-order valence-corrected chi connectivity index (χ3v) is 5.52. The molecule has 166 valence electrons. The topological polar surface area (TPSA) is 71.5 Å². The van der Waals surface area contributed by atoms with Crippen molar-refractivity contribution in [2.24, 2.45) is 11.3 Å². The van der Waals surface area contributed by atoms with Crippen LogP contribution in [0.4, 0.5) is 36.8 Å². The number of carbonyl (C=O) groups excluding carboxylic acids is 2. The minimum atomic E-state index is -5.76. The van der Waals surface area contributed by atoms with Crippen molar-refractivity contribution < 1.29 is 40.7 Å². The fraction of sp³-hybridized carbons (Fsp3) is 0.588. The average Bonchev–Trinajstić information content (AvgIpc) is 3.31. The molecule has 1 saturated carbocycles. The fourth-order valence-corrected chi connectivity index (χ4v) is 3.78. The zero-order valence-electron chi connectivity index (χ0n) is 15.2. The first-order valence-corrected chi connectivity index (χ1v) is 9.20. The lowest BCUT2D eigenvalue weighted by Crippen LogP contribution is -2.49. The summed E-state index contributed by atoms with van der Waals surface area (Å²) in [6.07, 6.45) is -13.6. The molecule has 0 radical (unpaired) electrons. The number of halogens is 7. The SMILES string of the molecule is O=C(Nc1cncc(Cl)c1)C1CC12CCN(C(=O)OC(C(F)(F)F)C(F)(F)F)CC2. The Hall–Kier alpha value is -2.24. The van der Waals surface area contributed by atoms with Gasteiger partial charge in [0, 0.05) is 25.2 Å². The number of amides is 2. The van der Waals surface area contributed by atoms with Crippen LogP contribution >= 0.6 is 11.6 Å². The lowest BCUT2D eigenvalue weighted by molar-refractivity contribution is -0.308. The molecule has 2 aliphatic rings. The number of pyridine rings is 1. The van der Waals surface area contributed by atoms with Crippen molar-refractivity contribution in [3.63, 3.8) is 0 Å². The second-order valence-corrected chi connectivity index (χ2v) is 7.77. The number of ether oxygens (including phenoxy) is 1. The normalized spacial score (nSPS) is 20.9. The number of carbonyl (C=O) groups is 2. The van der Waals surface area contributed by atoms with Crippen molar-refractivity contribution in [1.29, 1.82) is 0 Å². The molecule has 0 aromatic carbocycles. The van der Waals surface area contributed by atoms with Gasteiger partial charge >= 0.3 is 18.4 Å². The molecule has 1 aromatic rings. The van der Waals surface area contributed by atoms with Crippen LogP contribution in [0, 0.1) is 11.3 Å². The predicted octanol–water partition coefficient (Wildman–Crippen LogP) is 4.41. The molecule has 1 saturated heterocycles. The number of aromatic nitrogens is 1. The second-order valence-electron chi connectivity index (χ2n) is 7.33. The maximum Gasteiger partial charge on any atom is 0.434 e. The molecular weight excluding hydrogens is 444 g/mol. The van der Waals surface area contributed by atoms with Crippen LogP contribution in [0.2, 0.25) is 5.02 Å². The van der Waals surface area contributed by atoms with E-state index in [1.165, 1.54) is 18.5 Å². The van der Waals surface area contributed by atoms with E-state index in [0.29, 0.717) is 17.1 Å². The van der Waals surface area contributed by atoms with E-state index in [2.05, 4.69) is 15.0 Å². The van der Waals surface area contributed by atoms with Crippen LogP contribution in [-0.4, -0.2) is 53.4 Å². The summed E-state index contributed by atoms with van der Waals surface area (Å²) in [6.45, 7) is -0.215. The molecule has 2 amide bonds. The predicted molar refractivity (Wildman–Crippen MR) is 91.6 cm³/mol. The van der Waals surface area contributed by atoms with Gasteiger partial charge in [-0.05, 0) is 30.7 Å². The summed E-state index contributed by atoms with van der Waals surface area (Å²) in [5.74, 6) is -0.669. The molecule has 2 heterocycles. The van der Waals surface area contributed by atoms with E-state index in [0.717, 1.165) is 4.90 Å². The van der Waals surface area contributed by atoms with E-state index in [1.807, 2.05) is 0 Å². The van der Waals surface area contributed by atoms with E-state index in [-0.39, 0.29) is 37.8 Å². The van der Waals surface area contributed by atoms with E-state index < -0.39 is 30.0 Å². The summed E-state index contributed by atoms with van der Waals surface area (Å²) in [4.78, 5) is 28.9. The Bertz CT molecular complexity index is 810. The number of alkyl halides is 6. The average molecular weight is 460 g/mol. The lowest BCUT2D eigenvalue weighted by atomic mass is 9.91. The Morgan fingerprint density at radius 3 is 2.30 bits per heavy atom. The monoisotopic (exact) mass is 459 g/mol. The van der Waals surface area contributed by atoms with Crippen LogP contribution < -0.4 is 5.32 Å². The Morgan fingerprint density at radius 2 is 1.77 bits per heavy atom. The number of likely N-dealkylation sites (tertiary alicyclic amines) is 1. The van der Waals surface area contributed by atoms with Crippen molar-refractivity contribution in [2.45, 2.75) is 37.7 Å². The molecule has 1 unspecified atom stereocenters. The third-order valence-electron chi connectivity index (χ3n) is 5.31. The Labute approximate surface area is 171 Å². The van der Waals surface area contributed by atoms with Crippen molar-refractivity contribution in [1.82, 2.24) is 9.88 Å². The van der Waals surface area contributed by atoms with Gasteiger partial charge in [-0.3, -0.25) is 9.78 Å². The number of nitrogens with zero attached hydrogens (tertiary/aromatic N) is 2. The molecule has 1 spiro atoms. The van der Waals surface area contributed by atoms with Gasteiger partial charge in [-0.1, -0.05) is 11.6 Å². The van der Waals surface area contributed by atoms with Gasteiger partial charge in [0.25, 0.3) is 6.10 Å². The number of hydrogen-bond acceptors (Lipinski definition) is 4. The number of rotatable bonds is 3. The van der Waals surface area contributed by atoms with Crippen LogP contribution in [0.25, 0.3) is 0 Å². The van der Waals surface area contributed by atoms with Gasteiger partial charge in [0.05, 0.1) is 16.9 Å². The van der Waals surface area contributed by atoms with Gasteiger partial charge in [0.2, 0.25) is 5.91 Å². The second kappa shape index (κ2) is 7.78. The molecule has 1 atom stereocenters. The molecule has 13 heteroatoms. The van der Waals surface area contributed by atoms with Crippen LogP contribution in [0.1, 0.15) is 19.3 Å². The van der Waals surface area contributed by atoms with Crippen LogP contribution in [0.3, 0.4) is 0 Å². The zero-order chi connectivity index (χ0) is 22.3. The zero-order valence-corrected chi connectivity index (χ0v) is 15.9. The number of anilines is 1. The van der Waals surface area contributed by atoms with Crippen molar-refractivity contribution in [2.75, 3.05) is 18.4 Å². The highest BCUT2D eigenvalue weighted by Gasteiger charge is 2.61. The standard InChI is InChI=1S/C17H16ClF6N3O3/c18-9-5-10(8-25-7-9)26-12(28)11-6-15(11)1-3-27(4-2-15)14(29)30-13(16(19,20)21)17(22,23)24/h5,7-8,11,13H,1-4,6H2,(H,26,28). The first-order valence-electron chi connectivity index (χ1n) is 8.82. The van der Waals surface area contributed by atoms with Gasteiger partial charge < -0.3 is 15.0 Å². The Morgan fingerprint density at radius 1 is 1.17 bits per heavy atom. The molecule has 1 aromatic heterocycles. The Balaban J connectivity index is 1.54. The smallest absolute Gasteiger partial charge is 0.426 e. The summed E-state index contributed by atoms with van der Waals surface area (Å²) < 4.78 is 79.0. The Kier molecular flexibility index (Phi) is 5.82. The largest absolute Gasteiger partial charge is 0.434 e. The van der Waals surface area contributed by atoms with Crippen LogP contribution in [-0.2, 0) is 9.53 Å². The quantitative estimate of drug-likeness (QED) is 0.680. The van der Waals surface area contributed by atoms with E-state index in [1.54, 1.807) is 0 Å². The molecule has 0 bridgehead atoms. The summed E-state index contributed by atoms with van der Waals surface area (Å²) in [5.41, 5.74) is -0.0405. The molecule has 6 nitrogen and oxygen atoms in total. The fourth-order valence-electron chi connectivity index (χ4n) is 3.61. The minimum Gasteiger partial charge on any atom is -0.426 e. The third kappa shape index (κ3) is 4.90. The molecule has 2 fully saturated rings. The maximum absolute atomic E-state index is 12.5. The van der Waals surface area contributed by atoms with E-state index >= 15 is 0 Å². The summed E-state index contributed by atoms with van der Waals surface area (Å²) in [7, 11) is 0. The van der Waals surface area contributed by atoms with Gasteiger partial charge in [-0.25, -0.2) is 4.79 Å². The van der Waals surface area contributed by atoms with Crippen LogP contribution in [0.15, 0.2) is 18.5 Å². The lowest BCUT2D eigenvalue weighted by Gasteiger charge is -2.33. The first-order chi connectivity index (χ1) is 13.8. The van der Waals surface area contributed by atoms with E-state index in [4.69, 9.17) is 11.6 Å². The van der Waals surface area contributed by atoms with Gasteiger partial charge in [0.15, 0.2) is 0 Å². The molecule has 3 rings (SSSR count). The molecule has 1 aliphatic carbocycles. The van der Waals surface area contributed by atoms with Gasteiger partial charge in [-0.15, -0.1) is 0 Å². The molecule has 1 N–H and O–H groups in total. The summed E-state index contributed by atoms with van der Waals surface area (Å²) >= 11 is 5.80. The summed E-state index contributed by atoms with van der Waals surface area (Å²) in [6, 6.07) is 1.51. The molecule has 1 aliphatic heterocycles. The maximum atomic E-state index is 12.5. The number of nitrogens with one attached hydrogen (secondary N) is 1. The van der Waals surface area contributed by atoms with E-state index in [9.17, 15) is 35.9 Å². The van der Waals surface area contributed by atoms with Gasteiger partial charge in [0.1, 0.15) is 0 Å². The highest BCUT2D eigenvalue weighted by atomic mass is 35.5. The van der Waals surface area contributed by atoms with Crippen molar-refractivity contribution in [3.8, 4) is 0 Å². The summed E-state index contributed by atoms with van der Waals surface area (Å²) in [5, 5.41) is 3.00. The van der Waals surface area contributed by atoms with Crippen LogP contribution in [0.5, 0.6) is 0 Å². The highest BCUT2D eigenvalue weighted by molar-refractivity contribution is 6.30. The first kappa shape index (κ1) is 22.4. The number of hydrogen-bond donors (Lipinski definition) is 1. The molecular formula is C17H16ClF6N3O3. The van der Waals surface area contributed by atoms with Crippen molar-refractivity contribution >= 4 is 29.3 Å². The minimum absolute atomic E-state index is 0.107. The number of piperidine rings is 1. The highest BCUT2D eigenvalue weighted by Crippen LogP contribution is 2.59. The van der Waals surface area contributed by atoms with Crippen molar-refractivity contribution in [3.05, 3.63) is 23.5 Å².